The van der Waals surface area contributed by atoms with Crippen LogP contribution in [0.4, 0.5) is 4.39 Å². The van der Waals surface area contributed by atoms with Gasteiger partial charge in [-0.05, 0) is 42.3 Å². The Kier molecular flexibility index (Phi) is 5.48. The molecule has 2 N–H and O–H groups in total. The predicted octanol–water partition coefficient (Wildman–Crippen LogP) is 3.52. The number of hydrogen-bond donors (Lipinski definition) is 1. The van der Waals surface area contributed by atoms with Crippen LogP contribution in [0, 0.1) is 5.82 Å². The van der Waals surface area contributed by atoms with Crippen LogP contribution in [0.2, 0.25) is 0 Å². The van der Waals surface area contributed by atoms with Gasteiger partial charge in [0.05, 0.1) is 0 Å². The number of nitrogens with two attached hydrogens (primary N) is 1. The van der Waals surface area contributed by atoms with E-state index in [0.717, 1.165) is 18.5 Å². The maximum atomic E-state index is 13.0. The lowest BCUT2D eigenvalue weighted by Crippen LogP contribution is -2.30. The summed E-state index contributed by atoms with van der Waals surface area (Å²) in [6.07, 6.45) is 1.04. The van der Waals surface area contributed by atoms with E-state index in [-0.39, 0.29) is 11.9 Å². The number of benzene rings is 2. The predicted molar refractivity (Wildman–Crippen MR) is 85.5 cm³/mol. The molecular weight excluding hydrogens is 263 g/mol. The van der Waals surface area contributed by atoms with Crippen LogP contribution in [0.1, 0.15) is 29.7 Å². The van der Waals surface area contributed by atoms with E-state index in [4.69, 9.17) is 5.73 Å². The highest BCUT2D eigenvalue weighted by Gasteiger charge is 2.15. The molecule has 112 valence electrons. The van der Waals surface area contributed by atoms with Crippen molar-refractivity contribution in [1.82, 2.24) is 4.90 Å². The average Bonchev–Trinajstić information content (AvgIpc) is 2.51. The smallest absolute Gasteiger partial charge is 0.123 e. The number of aryl methyl sites for hydroxylation is 1. The average molecular weight is 286 g/mol. The Balaban J connectivity index is 2.09. The van der Waals surface area contributed by atoms with Crippen LogP contribution in [-0.2, 0) is 13.0 Å². The van der Waals surface area contributed by atoms with E-state index in [9.17, 15) is 4.39 Å². The van der Waals surface area contributed by atoms with Crippen molar-refractivity contribution in [2.45, 2.75) is 25.9 Å². The molecule has 1 unspecified atom stereocenters. The minimum atomic E-state index is -0.202. The summed E-state index contributed by atoms with van der Waals surface area (Å²) in [4.78, 5) is 2.20. The van der Waals surface area contributed by atoms with Crippen LogP contribution in [-0.4, -0.2) is 18.5 Å². The molecule has 0 aliphatic rings. The first-order valence-corrected chi connectivity index (χ1v) is 7.37. The minimum Gasteiger partial charge on any atom is -0.329 e. The van der Waals surface area contributed by atoms with Gasteiger partial charge in [-0.25, -0.2) is 4.39 Å². The molecule has 2 rings (SSSR count). The van der Waals surface area contributed by atoms with Gasteiger partial charge in [-0.1, -0.05) is 43.3 Å². The molecule has 0 saturated carbocycles. The van der Waals surface area contributed by atoms with Crippen LogP contribution >= 0.6 is 0 Å². The molecule has 0 heterocycles. The van der Waals surface area contributed by atoms with E-state index in [1.54, 1.807) is 0 Å². The Morgan fingerprint density at radius 1 is 1.00 bits per heavy atom. The molecule has 0 fully saturated rings. The van der Waals surface area contributed by atoms with E-state index >= 15 is 0 Å². The SMILES string of the molecule is CCc1ccc(C(CN)N(C)Cc2ccc(F)cc2)cc1. The van der Waals surface area contributed by atoms with Gasteiger partial charge in [-0.3, -0.25) is 4.90 Å². The Morgan fingerprint density at radius 3 is 2.10 bits per heavy atom. The first kappa shape index (κ1) is 15.7. The first-order valence-electron chi connectivity index (χ1n) is 7.37. The first-order chi connectivity index (χ1) is 10.1. The van der Waals surface area contributed by atoms with Gasteiger partial charge in [0, 0.05) is 19.1 Å². The minimum absolute atomic E-state index is 0.168. The third-order valence-corrected chi connectivity index (χ3v) is 3.87. The van der Waals surface area contributed by atoms with E-state index in [1.165, 1.54) is 23.3 Å². The van der Waals surface area contributed by atoms with Gasteiger partial charge in [0.1, 0.15) is 5.82 Å². The molecule has 0 spiro atoms. The fraction of sp³-hybridized carbons (Fsp3) is 0.333. The Hall–Kier alpha value is -1.71. The standard InChI is InChI=1S/C18H23FN2/c1-3-14-4-8-16(9-5-14)18(12-20)21(2)13-15-6-10-17(19)11-7-15/h4-11,18H,3,12-13,20H2,1-2H3. The molecule has 0 aromatic heterocycles. The lowest BCUT2D eigenvalue weighted by Gasteiger charge is -2.27. The Morgan fingerprint density at radius 2 is 1.57 bits per heavy atom. The molecule has 1 atom stereocenters. The molecule has 0 radical (unpaired) electrons. The maximum absolute atomic E-state index is 13.0. The molecule has 2 aromatic rings. The quantitative estimate of drug-likeness (QED) is 0.880. The van der Waals surface area contributed by atoms with Gasteiger partial charge in [0.25, 0.3) is 0 Å². The van der Waals surface area contributed by atoms with Crippen molar-refractivity contribution >= 4 is 0 Å². The molecule has 3 heteroatoms. The summed E-state index contributed by atoms with van der Waals surface area (Å²) < 4.78 is 13.0. The Bertz CT molecular complexity index is 548. The molecule has 2 nitrogen and oxygen atoms in total. The number of halogens is 1. The summed E-state index contributed by atoms with van der Waals surface area (Å²) >= 11 is 0. The second-order valence-electron chi connectivity index (χ2n) is 5.39. The van der Waals surface area contributed by atoms with Gasteiger partial charge >= 0.3 is 0 Å². The maximum Gasteiger partial charge on any atom is 0.123 e. The largest absolute Gasteiger partial charge is 0.329 e. The van der Waals surface area contributed by atoms with E-state index < -0.39 is 0 Å². The summed E-state index contributed by atoms with van der Waals surface area (Å²) in [5, 5.41) is 0. The van der Waals surface area contributed by atoms with Crippen LogP contribution in [0.25, 0.3) is 0 Å². The summed E-state index contributed by atoms with van der Waals surface area (Å²) in [5.74, 6) is -0.202. The van der Waals surface area contributed by atoms with Gasteiger partial charge in [0.15, 0.2) is 0 Å². The lowest BCUT2D eigenvalue weighted by atomic mass is 10.0. The van der Waals surface area contributed by atoms with E-state index in [1.807, 2.05) is 12.1 Å². The van der Waals surface area contributed by atoms with Crippen LogP contribution in [0.5, 0.6) is 0 Å². The molecule has 2 aromatic carbocycles. The van der Waals surface area contributed by atoms with Crippen molar-refractivity contribution in [2.75, 3.05) is 13.6 Å². The summed E-state index contributed by atoms with van der Waals surface area (Å²) in [6.45, 7) is 3.46. The fourth-order valence-electron chi connectivity index (χ4n) is 2.53. The van der Waals surface area contributed by atoms with Gasteiger partial charge in [-0.15, -0.1) is 0 Å². The van der Waals surface area contributed by atoms with Crippen molar-refractivity contribution in [1.29, 1.82) is 0 Å². The van der Waals surface area contributed by atoms with Crippen LogP contribution in [0.3, 0.4) is 0 Å². The molecule has 21 heavy (non-hydrogen) atoms. The van der Waals surface area contributed by atoms with Crippen molar-refractivity contribution < 1.29 is 4.39 Å². The zero-order chi connectivity index (χ0) is 15.2. The fourth-order valence-corrected chi connectivity index (χ4v) is 2.53. The third kappa shape index (κ3) is 4.13. The number of likely N-dealkylation sites (N-methyl/N-ethyl adjacent to an activating group) is 1. The monoisotopic (exact) mass is 286 g/mol. The molecule has 0 saturated heterocycles. The van der Waals surface area contributed by atoms with Crippen molar-refractivity contribution in [3.8, 4) is 0 Å². The van der Waals surface area contributed by atoms with Crippen LogP contribution < -0.4 is 5.73 Å². The summed E-state index contributed by atoms with van der Waals surface area (Å²) in [6, 6.07) is 15.4. The highest BCUT2D eigenvalue weighted by molar-refractivity contribution is 5.26. The molecule has 0 aliphatic carbocycles. The molecular formula is C18H23FN2. The molecule has 0 aliphatic heterocycles. The highest BCUT2D eigenvalue weighted by Crippen LogP contribution is 2.21. The summed E-state index contributed by atoms with van der Waals surface area (Å²) in [7, 11) is 2.05. The van der Waals surface area contributed by atoms with Crippen molar-refractivity contribution in [3.05, 3.63) is 71.0 Å². The van der Waals surface area contributed by atoms with Crippen LogP contribution in [0.15, 0.2) is 48.5 Å². The number of hydrogen-bond acceptors (Lipinski definition) is 2. The molecule has 0 amide bonds. The van der Waals surface area contributed by atoms with Gasteiger partial charge in [0.2, 0.25) is 0 Å². The topological polar surface area (TPSA) is 29.3 Å². The zero-order valence-corrected chi connectivity index (χ0v) is 12.7. The summed E-state index contributed by atoms with van der Waals surface area (Å²) in [5.41, 5.74) is 9.59. The van der Waals surface area contributed by atoms with Gasteiger partial charge in [-0.2, -0.15) is 0 Å². The van der Waals surface area contributed by atoms with Crippen molar-refractivity contribution in [3.63, 3.8) is 0 Å². The number of nitrogens with zero attached hydrogens (tertiary/aromatic N) is 1. The lowest BCUT2D eigenvalue weighted by molar-refractivity contribution is 0.241. The normalized spacial score (nSPS) is 12.6. The Labute approximate surface area is 126 Å². The molecule has 0 bridgehead atoms. The van der Waals surface area contributed by atoms with Crippen molar-refractivity contribution in [2.24, 2.45) is 5.73 Å². The number of rotatable bonds is 6. The third-order valence-electron chi connectivity index (χ3n) is 3.87. The van der Waals surface area contributed by atoms with E-state index in [0.29, 0.717) is 6.54 Å². The second-order valence-corrected chi connectivity index (χ2v) is 5.39. The van der Waals surface area contributed by atoms with E-state index in [2.05, 4.69) is 43.1 Å². The van der Waals surface area contributed by atoms with Gasteiger partial charge < -0.3 is 5.73 Å². The zero-order valence-electron chi connectivity index (χ0n) is 12.7. The highest BCUT2D eigenvalue weighted by atomic mass is 19.1. The second kappa shape index (κ2) is 7.34.